The summed E-state index contributed by atoms with van der Waals surface area (Å²) in [6.45, 7) is 1.69. The number of nitrogens with one attached hydrogen (secondary N) is 1. The van der Waals surface area contributed by atoms with E-state index >= 15 is 0 Å². The van der Waals surface area contributed by atoms with E-state index in [4.69, 9.17) is 11.6 Å². The van der Waals surface area contributed by atoms with Crippen molar-refractivity contribution in [1.82, 2.24) is 9.36 Å². The third-order valence-electron chi connectivity index (χ3n) is 2.15. The van der Waals surface area contributed by atoms with Crippen molar-refractivity contribution in [3.8, 4) is 0 Å². The van der Waals surface area contributed by atoms with E-state index < -0.39 is 10.8 Å². The molecule has 0 saturated carbocycles. The molecular formula is C10H7ClN4O3S. The number of hydrogen-bond acceptors (Lipinski definition) is 6. The van der Waals surface area contributed by atoms with E-state index in [1.165, 1.54) is 12.1 Å². The highest BCUT2D eigenvalue weighted by Gasteiger charge is 2.17. The molecule has 0 aliphatic heterocycles. The number of aromatic nitrogens is 2. The van der Waals surface area contributed by atoms with E-state index in [9.17, 15) is 14.9 Å². The normalized spacial score (nSPS) is 10.2. The van der Waals surface area contributed by atoms with Crippen LogP contribution in [0.25, 0.3) is 0 Å². The molecule has 1 heterocycles. The van der Waals surface area contributed by atoms with E-state index in [0.717, 1.165) is 17.6 Å². The van der Waals surface area contributed by atoms with Crippen molar-refractivity contribution in [1.29, 1.82) is 0 Å². The number of amides is 1. The van der Waals surface area contributed by atoms with Crippen LogP contribution in [0, 0.1) is 17.0 Å². The lowest BCUT2D eigenvalue weighted by atomic mass is 10.2. The molecule has 2 rings (SSSR count). The summed E-state index contributed by atoms with van der Waals surface area (Å²) in [4.78, 5) is 26.0. The van der Waals surface area contributed by atoms with Gasteiger partial charge in [0.1, 0.15) is 5.82 Å². The molecule has 1 N–H and O–H groups in total. The molecule has 0 aliphatic carbocycles. The smallest absolute Gasteiger partial charge is 0.270 e. The Hall–Kier alpha value is -2.06. The summed E-state index contributed by atoms with van der Waals surface area (Å²) in [7, 11) is 0. The van der Waals surface area contributed by atoms with Crippen molar-refractivity contribution >= 4 is 39.9 Å². The summed E-state index contributed by atoms with van der Waals surface area (Å²) in [6.07, 6.45) is 0. The number of benzene rings is 1. The van der Waals surface area contributed by atoms with Gasteiger partial charge in [-0.15, -0.1) is 0 Å². The number of carbonyl (C=O) groups is 1. The van der Waals surface area contributed by atoms with Gasteiger partial charge >= 0.3 is 0 Å². The minimum Gasteiger partial charge on any atom is -0.297 e. The van der Waals surface area contributed by atoms with Gasteiger partial charge in [0.15, 0.2) is 0 Å². The van der Waals surface area contributed by atoms with Crippen LogP contribution in [-0.4, -0.2) is 20.2 Å². The van der Waals surface area contributed by atoms with E-state index in [0.29, 0.717) is 11.0 Å². The fourth-order valence-corrected chi connectivity index (χ4v) is 2.09. The van der Waals surface area contributed by atoms with Gasteiger partial charge < -0.3 is 0 Å². The van der Waals surface area contributed by atoms with Crippen LogP contribution in [0.1, 0.15) is 16.2 Å². The molecule has 1 aromatic carbocycles. The van der Waals surface area contributed by atoms with Crippen LogP contribution in [0.3, 0.4) is 0 Å². The molecule has 98 valence electrons. The summed E-state index contributed by atoms with van der Waals surface area (Å²) in [5.74, 6) is -0.0321. The first-order valence-corrected chi connectivity index (χ1v) is 6.18. The van der Waals surface area contributed by atoms with Crippen molar-refractivity contribution in [2.45, 2.75) is 6.92 Å². The van der Waals surface area contributed by atoms with Gasteiger partial charge in [0, 0.05) is 23.7 Å². The molecule has 0 fully saturated rings. The Bertz CT molecular complexity index is 658. The predicted octanol–water partition coefficient (Wildman–Crippen LogP) is 2.66. The maximum atomic E-state index is 11.9. The summed E-state index contributed by atoms with van der Waals surface area (Å²) in [6, 6.07) is 3.65. The average Bonchev–Trinajstić information content (AvgIpc) is 2.74. The van der Waals surface area contributed by atoms with Gasteiger partial charge in [0.25, 0.3) is 11.6 Å². The molecule has 9 heteroatoms. The summed E-state index contributed by atoms with van der Waals surface area (Å²) in [5.41, 5.74) is -0.188. The Morgan fingerprint density at radius 2 is 2.26 bits per heavy atom. The van der Waals surface area contributed by atoms with Crippen LogP contribution >= 0.6 is 23.1 Å². The Morgan fingerprint density at radius 3 is 2.84 bits per heavy atom. The minimum atomic E-state index is -0.595. The maximum Gasteiger partial charge on any atom is 0.270 e. The number of carbonyl (C=O) groups excluding carboxylic acids is 1. The van der Waals surface area contributed by atoms with Gasteiger partial charge in [-0.2, -0.15) is 4.37 Å². The van der Waals surface area contributed by atoms with Crippen LogP contribution in [0.2, 0.25) is 5.02 Å². The highest BCUT2D eigenvalue weighted by atomic mass is 35.5. The molecule has 7 nitrogen and oxygen atoms in total. The summed E-state index contributed by atoms with van der Waals surface area (Å²) < 4.78 is 3.91. The molecule has 0 radical (unpaired) electrons. The van der Waals surface area contributed by atoms with Gasteiger partial charge in [0.2, 0.25) is 5.13 Å². The first-order valence-electron chi connectivity index (χ1n) is 5.03. The summed E-state index contributed by atoms with van der Waals surface area (Å²) in [5, 5.41) is 13.6. The van der Waals surface area contributed by atoms with Gasteiger partial charge in [-0.05, 0) is 13.0 Å². The van der Waals surface area contributed by atoms with Crippen LogP contribution in [0.15, 0.2) is 18.2 Å². The number of halogens is 1. The Balaban J connectivity index is 2.27. The Morgan fingerprint density at radius 1 is 1.53 bits per heavy atom. The number of nitro benzene ring substituents is 1. The second-order valence-corrected chi connectivity index (χ2v) is 4.68. The van der Waals surface area contributed by atoms with Crippen molar-refractivity contribution in [2.24, 2.45) is 0 Å². The van der Waals surface area contributed by atoms with Gasteiger partial charge in [-0.25, -0.2) is 4.98 Å². The third kappa shape index (κ3) is 3.04. The second kappa shape index (κ2) is 5.29. The van der Waals surface area contributed by atoms with Crippen molar-refractivity contribution in [3.63, 3.8) is 0 Å². The van der Waals surface area contributed by atoms with Crippen molar-refractivity contribution in [2.75, 3.05) is 5.32 Å². The molecule has 19 heavy (non-hydrogen) atoms. The lowest BCUT2D eigenvalue weighted by molar-refractivity contribution is -0.384. The largest absolute Gasteiger partial charge is 0.297 e. The van der Waals surface area contributed by atoms with Crippen LogP contribution in [0.4, 0.5) is 10.8 Å². The number of nitrogens with zero attached hydrogens (tertiary/aromatic N) is 3. The molecule has 0 spiro atoms. The molecular weight excluding hydrogens is 292 g/mol. The minimum absolute atomic E-state index is 0.0173. The Labute approximate surface area is 116 Å². The molecule has 1 amide bonds. The predicted molar refractivity (Wildman–Crippen MR) is 70.7 cm³/mol. The Kier molecular flexibility index (Phi) is 3.72. The van der Waals surface area contributed by atoms with Crippen LogP contribution in [0.5, 0.6) is 0 Å². The fraction of sp³-hybridized carbons (Fsp3) is 0.100. The van der Waals surface area contributed by atoms with Gasteiger partial charge in [-0.3, -0.25) is 20.2 Å². The molecule has 1 aromatic heterocycles. The zero-order valence-corrected chi connectivity index (χ0v) is 11.2. The number of hydrogen-bond donors (Lipinski definition) is 1. The molecule has 0 aliphatic rings. The lowest BCUT2D eigenvalue weighted by Gasteiger charge is -2.03. The van der Waals surface area contributed by atoms with E-state index in [1.807, 2.05) is 0 Å². The number of non-ortho nitro benzene ring substituents is 1. The number of aryl methyl sites for hydroxylation is 1. The number of anilines is 1. The van der Waals surface area contributed by atoms with Gasteiger partial charge in [0.05, 0.1) is 15.5 Å². The van der Waals surface area contributed by atoms with Crippen molar-refractivity contribution < 1.29 is 9.72 Å². The highest BCUT2D eigenvalue weighted by Crippen LogP contribution is 2.23. The van der Waals surface area contributed by atoms with Crippen LogP contribution < -0.4 is 5.32 Å². The number of rotatable bonds is 3. The third-order valence-corrected chi connectivity index (χ3v) is 3.20. The second-order valence-electron chi connectivity index (χ2n) is 3.52. The standard InChI is InChI=1S/C10H7ClN4O3S/c1-5-12-10(19-14-5)13-9(16)7-4-6(15(17)18)2-3-8(7)11/h2-4H,1H3,(H,12,13,14,16). The zero-order valence-electron chi connectivity index (χ0n) is 9.58. The van der Waals surface area contributed by atoms with E-state index in [-0.39, 0.29) is 16.3 Å². The average molecular weight is 299 g/mol. The van der Waals surface area contributed by atoms with E-state index in [1.54, 1.807) is 6.92 Å². The lowest BCUT2D eigenvalue weighted by Crippen LogP contribution is -2.12. The molecule has 2 aromatic rings. The first-order chi connectivity index (χ1) is 8.97. The van der Waals surface area contributed by atoms with Gasteiger partial charge in [-0.1, -0.05) is 11.6 Å². The van der Waals surface area contributed by atoms with Crippen molar-refractivity contribution in [3.05, 3.63) is 44.7 Å². The monoisotopic (exact) mass is 298 g/mol. The molecule has 0 atom stereocenters. The SMILES string of the molecule is Cc1nsc(NC(=O)c2cc([N+](=O)[O-])ccc2Cl)n1. The van der Waals surface area contributed by atoms with Crippen LogP contribution in [-0.2, 0) is 0 Å². The fourth-order valence-electron chi connectivity index (χ4n) is 1.31. The first kappa shape index (κ1) is 13.4. The quantitative estimate of drug-likeness (QED) is 0.694. The molecule has 0 unspecified atom stereocenters. The highest BCUT2D eigenvalue weighted by molar-refractivity contribution is 7.09. The van der Waals surface area contributed by atoms with E-state index in [2.05, 4.69) is 14.7 Å². The topological polar surface area (TPSA) is 98.0 Å². The maximum absolute atomic E-state index is 11.9. The number of nitro groups is 1. The zero-order chi connectivity index (χ0) is 14.0. The molecule has 0 saturated heterocycles. The molecule has 0 bridgehead atoms. The summed E-state index contributed by atoms with van der Waals surface area (Å²) >= 11 is 6.87.